The molecule has 0 aromatic carbocycles. The topological polar surface area (TPSA) is 148 Å². The predicted octanol–water partition coefficient (Wildman–Crippen LogP) is 6.38. The molecule has 0 saturated heterocycles. The van der Waals surface area contributed by atoms with E-state index in [0.717, 1.165) is 14.1 Å². The fraction of sp³-hybridized carbons (Fsp3) is 0.692. The van der Waals surface area contributed by atoms with Gasteiger partial charge in [-0.1, -0.05) is 10.3 Å². The Hall–Kier alpha value is -3.20. The zero-order valence-electron chi connectivity index (χ0n) is 28.6. The van der Waals surface area contributed by atoms with Crippen LogP contribution >= 0.6 is 23.2 Å². The summed E-state index contributed by atoms with van der Waals surface area (Å²) in [5.74, 6) is -4.02. The van der Waals surface area contributed by atoms with Crippen LogP contribution < -0.4 is 9.47 Å². The molecular weight excluding hydrogens is 871 g/mol. The maximum absolute atomic E-state index is 13.2. The van der Waals surface area contributed by atoms with Crippen molar-refractivity contribution in [3.8, 4) is 11.8 Å². The first-order valence-electron chi connectivity index (χ1n) is 14.7. The molecule has 3 atom stereocenters. The highest BCUT2D eigenvalue weighted by molar-refractivity contribution is 8.06. The average Bonchev–Trinajstić information content (AvgIpc) is 3.66. The Balaban J connectivity index is 0.000000296. The Bertz CT molecular complexity index is 1940. The highest BCUT2D eigenvalue weighted by atomic mass is 35.5. The molecule has 0 N–H and O–H groups in total. The largest absolute Gasteiger partial charge is 0.468 e. The molecule has 0 spiro atoms. The van der Waals surface area contributed by atoms with Gasteiger partial charge in [-0.2, -0.15) is 62.9 Å². The lowest BCUT2D eigenvalue weighted by Gasteiger charge is -2.19. The van der Waals surface area contributed by atoms with Crippen molar-refractivity contribution in [3.05, 3.63) is 22.5 Å². The van der Waals surface area contributed by atoms with Crippen LogP contribution in [-0.4, -0.2) is 89.8 Å². The number of oxime groups is 2. The van der Waals surface area contributed by atoms with Crippen molar-refractivity contribution in [2.24, 2.45) is 24.4 Å². The smallest absolute Gasteiger partial charge is 0.435 e. The fourth-order valence-electron chi connectivity index (χ4n) is 4.43. The molecule has 2 aromatic heterocycles. The van der Waals surface area contributed by atoms with Crippen molar-refractivity contribution in [1.82, 2.24) is 19.6 Å². The number of nitrogens with zero attached hydrogens (tertiary/aromatic N) is 6. The monoisotopic (exact) mass is 898 g/mol. The summed E-state index contributed by atoms with van der Waals surface area (Å²) in [5.41, 5.74) is -7.36. The molecule has 29 heteroatoms. The first kappa shape index (κ1) is 46.2. The quantitative estimate of drug-likeness (QED) is 0.217. The van der Waals surface area contributed by atoms with Crippen molar-refractivity contribution < 1.29 is 84.5 Å². The van der Waals surface area contributed by atoms with Gasteiger partial charge >= 0.3 is 24.7 Å². The van der Waals surface area contributed by atoms with Crippen LogP contribution in [0.3, 0.4) is 0 Å². The van der Waals surface area contributed by atoms with Crippen LogP contribution in [0.2, 0.25) is 0 Å². The second-order valence-electron chi connectivity index (χ2n) is 12.5. The lowest BCUT2D eigenvalue weighted by Crippen LogP contribution is -2.37. The van der Waals surface area contributed by atoms with E-state index in [1.165, 1.54) is 27.7 Å². The fourth-order valence-corrected chi connectivity index (χ4v) is 8.14. The molecule has 2 aliphatic heterocycles. The Morgan fingerprint density at radius 1 is 0.727 bits per heavy atom. The summed E-state index contributed by atoms with van der Waals surface area (Å²) in [7, 11) is -4.94. The average molecular weight is 900 g/mol. The van der Waals surface area contributed by atoms with E-state index in [4.69, 9.17) is 32.9 Å². The zero-order valence-corrected chi connectivity index (χ0v) is 31.8. The van der Waals surface area contributed by atoms with E-state index >= 15 is 0 Å². The summed E-state index contributed by atoms with van der Waals surface area (Å²) < 4.78 is 201. The summed E-state index contributed by atoms with van der Waals surface area (Å²) in [6, 6.07) is 0. The number of alkyl halides is 14. The zero-order chi connectivity index (χ0) is 42.5. The van der Waals surface area contributed by atoms with E-state index in [-0.39, 0.29) is 5.04 Å². The van der Waals surface area contributed by atoms with Crippen molar-refractivity contribution in [1.29, 1.82) is 0 Å². The molecule has 2 aliphatic rings. The molecular formula is C26H28Cl2F12N6O7S2. The standard InChI is InChI=1S/C13H14ClF6N3O4S.C13H14ClF6N3O3S/c1-11(2)7(14)9(22-27-11)28(24,25)4-6-8(13(18,19)20)21-23(3)10(6)26-5-12(15,16)17;1-11(2)7(14)9(22-26-11)27(24)4-6-8(13(18,19)20)21-23(3)10(6)25-5-12(15,16)17/h7H,4-5H2,1-3H3;7H,4-5H2,1-3H3. The third-order valence-electron chi connectivity index (χ3n) is 7.02. The Kier molecular flexibility index (Phi) is 13.1. The maximum atomic E-state index is 13.2. The maximum Gasteiger partial charge on any atom is 0.435 e. The van der Waals surface area contributed by atoms with Crippen molar-refractivity contribution in [2.75, 3.05) is 13.2 Å². The third-order valence-corrected chi connectivity index (χ3v) is 11.7. The van der Waals surface area contributed by atoms with Crippen LogP contribution in [-0.2, 0) is 68.3 Å². The second-order valence-corrected chi connectivity index (χ2v) is 16.7. The van der Waals surface area contributed by atoms with Gasteiger partial charge in [0.05, 0.1) is 33.4 Å². The summed E-state index contributed by atoms with van der Waals surface area (Å²) in [6.45, 7) is 2.09. The molecule has 55 heavy (non-hydrogen) atoms. The second kappa shape index (κ2) is 15.6. The van der Waals surface area contributed by atoms with Gasteiger partial charge in [-0.05, 0) is 27.7 Å². The first-order valence-corrected chi connectivity index (χ1v) is 18.5. The van der Waals surface area contributed by atoms with Crippen molar-refractivity contribution in [2.45, 2.75) is 85.9 Å². The molecule has 0 bridgehead atoms. The number of aryl methyl sites for hydroxylation is 2. The number of rotatable bonds is 8. The van der Waals surface area contributed by atoms with Gasteiger partial charge in [0.1, 0.15) is 10.8 Å². The predicted molar refractivity (Wildman–Crippen MR) is 168 cm³/mol. The van der Waals surface area contributed by atoms with Gasteiger partial charge in [0.25, 0.3) is 0 Å². The number of halogens is 14. The van der Waals surface area contributed by atoms with E-state index in [2.05, 4.69) is 30.0 Å². The third kappa shape index (κ3) is 11.2. The molecule has 4 heterocycles. The van der Waals surface area contributed by atoms with Crippen LogP contribution in [0.5, 0.6) is 11.8 Å². The lowest BCUT2D eigenvalue weighted by molar-refractivity contribution is -0.155. The van der Waals surface area contributed by atoms with Gasteiger partial charge in [-0.25, -0.2) is 17.8 Å². The normalized spacial score (nSPS) is 20.5. The first-order chi connectivity index (χ1) is 24.6. The Morgan fingerprint density at radius 3 is 1.49 bits per heavy atom. The summed E-state index contributed by atoms with van der Waals surface area (Å²) in [4.78, 5) is 9.86. The summed E-state index contributed by atoms with van der Waals surface area (Å²) in [6.07, 6.45) is -19.8. The minimum absolute atomic E-state index is 0.222. The minimum Gasteiger partial charge on any atom is -0.468 e. The van der Waals surface area contributed by atoms with Crippen molar-refractivity contribution in [3.63, 3.8) is 0 Å². The van der Waals surface area contributed by atoms with E-state index in [0.29, 0.717) is 9.36 Å². The molecule has 314 valence electrons. The van der Waals surface area contributed by atoms with Gasteiger partial charge < -0.3 is 19.1 Å². The molecule has 3 unspecified atom stereocenters. The molecule has 0 aliphatic carbocycles. The van der Waals surface area contributed by atoms with Crippen LogP contribution in [0.25, 0.3) is 0 Å². The number of ether oxygens (including phenoxy) is 2. The Labute approximate surface area is 315 Å². The number of hydrogen-bond donors (Lipinski definition) is 0. The van der Waals surface area contributed by atoms with Gasteiger partial charge in [-0.3, -0.25) is 4.21 Å². The summed E-state index contributed by atoms with van der Waals surface area (Å²) in [5, 5.41) is 9.82. The molecule has 0 saturated carbocycles. The van der Waals surface area contributed by atoms with Crippen LogP contribution in [0.4, 0.5) is 52.7 Å². The van der Waals surface area contributed by atoms with Gasteiger partial charge in [0.2, 0.25) is 21.6 Å². The lowest BCUT2D eigenvalue weighted by atomic mass is 10.1. The summed E-state index contributed by atoms with van der Waals surface area (Å²) >= 11 is 12.0. The molecule has 0 amide bonds. The number of sulfone groups is 1. The van der Waals surface area contributed by atoms with Crippen LogP contribution in [0, 0.1) is 0 Å². The highest BCUT2D eigenvalue weighted by Crippen LogP contribution is 2.40. The Morgan fingerprint density at radius 2 is 1.13 bits per heavy atom. The molecule has 0 radical (unpaired) electrons. The number of aromatic nitrogens is 4. The SMILES string of the molecule is Cn1nc(C(F)(F)F)c(CS(=O)(=O)C2=NOC(C)(C)C2Cl)c1OCC(F)(F)F.Cn1nc(C(F)(F)F)c(CS(=O)C2=NOC(C)(C)C2Cl)c1OCC(F)(F)F. The van der Waals surface area contributed by atoms with Crippen LogP contribution in [0.15, 0.2) is 10.3 Å². The van der Waals surface area contributed by atoms with E-state index < -0.39 is 131 Å². The van der Waals surface area contributed by atoms with Gasteiger partial charge in [0.15, 0.2) is 45.9 Å². The molecule has 13 nitrogen and oxygen atoms in total. The van der Waals surface area contributed by atoms with E-state index in [9.17, 15) is 65.3 Å². The number of hydrogen-bond acceptors (Lipinski definition) is 11. The van der Waals surface area contributed by atoms with E-state index in [1.807, 2.05) is 0 Å². The van der Waals surface area contributed by atoms with E-state index in [1.54, 1.807) is 0 Å². The molecule has 4 rings (SSSR count). The van der Waals surface area contributed by atoms with Gasteiger partial charge in [-0.15, -0.1) is 23.2 Å². The molecule has 0 fully saturated rings. The van der Waals surface area contributed by atoms with Crippen molar-refractivity contribution >= 4 is 53.9 Å². The minimum atomic E-state index is -5.14. The molecule has 2 aromatic rings. The van der Waals surface area contributed by atoms with Crippen LogP contribution in [0.1, 0.15) is 50.2 Å². The highest BCUT2D eigenvalue weighted by Gasteiger charge is 2.49. The van der Waals surface area contributed by atoms with Gasteiger partial charge in [0, 0.05) is 14.1 Å².